The minimum atomic E-state index is -0.247. The minimum Gasteiger partial charge on any atom is -0.393 e. The fraction of sp³-hybridized carbons (Fsp3) is 0.562. The smallest absolute Gasteiger partial charge is 0.191 e. The number of rotatable bonds is 4. The van der Waals surface area contributed by atoms with Gasteiger partial charge in [-0.2, -0.15) is 0 Å². The predicted octanol–water partition coefficient (Wildman–Crippen LogP) is 2.95. The average molecular weight is 372 g/mol. The van der Waals surface area contributed by atoms with Crippen LogP contribution in [0.4, 0.5) is 4.39 Å². The number of guanidine groups is 1. The molecule has 0 atom stereocenters. The van der Waals surface area contributed by atoms with E-state index in [0.29, 0.717) is 17.6 Å². The van der Waals surface area contributed by atoms with Crippen LogP contribution in [0.3, 0.4) is 0 Å². The highest BCUT2D eigenvalue weighted by molar-refractivity contribution is 9.10. The minimum absolute atomic E-state index is 0.173. The van der Waals surface area contributed by atoms with Gasteiger partial charge in [0.15, 0.2) is 5.96 Å². The molecule has 0 aromatic heterocycles. The van der Waals surface area contributed by atoms with E-state index in [1.165, 1.54) is 6.07 Å². The number of hydrogen-bond donors (Lipinski definition) is 3. The van der Waals surface area contributed by atoms with Gasteiger partial charge in [0.25, 0.3) is 0 Å². The van der Waals surface area contributed by atoms with Crippen molar-refractivity contribution in [2.45, 2.75) is 51.3 Å². The first-order chi connectivity index (χ1) is 10.6. The zero-order chi connectivity index (χ0) is 15.9. The molecule has 0 aliphatic heterocycles. The van der Waals surface area contributed by atoms with Crippen molar-refractivity contribution in [2.75, 3.05) is 6.54 Å². The summed E-state index contributed by atoms with van der Waals surface area (Å²) in [5.74, 6) is 0.451. The van der Waals surface area contributed by atoms with E-state index in [9.17, 15) is 9.50 Å². The summed E-state index contributed by atoms with van der Waals surface area (Å²) in [6, 6.07) is 5.19. The number of aliphatic imine (C=N–C) groups is 1. The maximum absolute atomic E-state index is 13.7. The second-order valence-electron chi connectivity index (χ2n) is 5.58. The van der Waals surface area contributed by atoms with Crippen LogP contribution >= 0.6 is 15.9 Å². The Kier molecular flexibility index (Phi) is 6.64. The van der Waals surface area contributed by atoms with Crippen LogP contribution in [0.15, 0.2) is 27.7 Å². The van der Waals surface area contributed by atoms with Crippen molar-refractivity contribution in [2.24, 2.45) is 4.99 Å². The molecule has 1 fully saturated rings. The molecule has 0 amide bonds. The van der Waals surface area contributed by atoms with Gasteiger partial charge >= 0.3 is 0 Å². The van der Waals surface area contributed by atoms with Crippen molar-refractivity contribution in [3.63, 3.8) is 0 Å². The molecule has 3 N–H and O–H groups in total. The summed E-state index contributed by atoms with van der Waals surface area (Å²) in [4.78, 5) is 4.47. The number of halogens is 2. The Morgan fingerprint density at radius 3 is 2.77 bits per heavy atom. The van der Waals surface area contributed by atoms with Gasteiger partial charge in [-0.05, 0) is 50.8 Å². The molecule has 0 saturated heterocycles. The SMILES string of the molecule is CCNC(=NCc1cc(Br)ccc1F)NC1CCC(O)CC1. The molecule has 1 aliphatic carbocycles. The van der Waals surface area contributed by atoms with Crippen LogP contribution < -0.4 is 10.6 Å². The van der Waals surface area contributed by atoms with E-state index >= 15 is 0 Å². The highest BCUT2D eigenvalue weighted by atomic mass is 79.9. The summed E-state index contributed by atoms with van der Waals surface area (Å²) >= 11 is 3.35. The fourth-order valence-electron chi connectivity index (χ4n) is 2.56. The van der Waals surface area contributed by atoms with Crippen molar-refractivity contribution in [1.82, 2.24) is 10.6 Å². The van der Waals surface area contributed by atoms with Gasteiger partial charge in [0.05, 0.1) is 12.6 Å². The molecule has 4 nitrogen and oxygen atoms in total. The summed E-state index contributed by atoms with van der Waals surface area (Å²) in [6.07, 6.45) is 3.32. The van der Waals surface area contributed by atoms with Gasteiger partial charge in [0, 0.05) is 22.6 Å². The Bertz CT molecular complexity index is 516. The maximum atomic E-state index is 13.7. The zero-order valence-corrected chi connectivity index (χ0v) is 14.4. The molecule has 6 heteroatoms. The Labute approximate surface area is 139 Å². The Morgan fingerprint density at radius 1 is 1.36 bits per heavy atom. The van der Waals surface area contributed by atoms with Crippen LogP contribution in [0, 0.1) is 5.82 Å². The highest BCUT2D eigenvalue weighted by Crippen LogP contribution is 2.19. The molecule has 22 heavy (non-hydrogen) atoms. The lowest BCUT2D eigenvalue weighted by Crippen LogP contribution is -2.45. The lowest BCUT2D eigenvalue weighted by Gasteiger charge is -2.27. The van der Waals surface area contributed by atoms with E-state index in [1.54, 1.807) is 12.1 Å². The summed E-state index contributed by atoms with van der Waals surface area (Å²) < 4.78 is 14.6. The molecule has 1 saturated carbocycles. The van der Waals surface area contributed by atoms with Crippen molar-refractivity contribution < 1.29 is 9.50 Å². The first kappa shape index (κ1) is 17.2. The lowest BCUT2D eigenvalue weighted by atomic mass is 9.93. The fourth-order valence-corrected chi connectivity index (χ4v) is 2.97. The van der Waals surface area contributed by atoms with Gasteiger partial charge in [-0.3, -0.25) is 0 Å². The number of benzene rings is 1. The number of nitrogens with zero attached hydrogens (tertiary/aromatic N) is 1. The molecule has 0 radical (unpaired) electrons. The Balaban J connectivity index is 1.98. The molecule has 0 heterocycles. The van der Waals surface area contributed by atoms with Crippen molar-refractivity contribution >= 4 is 21.9 Å². The summed E-state index contributed by atoms with van der Waals surface area (Å²) in [6.45, 7) is 3.04. The number of nitrogens with one attached hydrogen (secondary N) is 2. The van der Waals surface area contributed by atoms with Crippen LogP contribution in [0.1, 0.15) is 38.2 Å². The van der Waals surface area contributed by atoms with Gasteiger partial charge in [0.2, 0.25) is 0 Å². The standard InChI is InChI=1S/C16H23BrFN3O/c1-2-19-16(21-13-4-6-14(22)7-5-13)20-10-11-9-12(17)3-8-15(11)18/h3,8-9,13-14,22H,2,4-7,10H2,1H3,(H2,19,20,21). The molecule has 0 bridgehead atoms. The molecule has 1 aliphatic rings. The zero-order valence-electron chi connectivity index (χ0n) is 12.8. The summed E-state index contributed by atoms with van der Waals surface area (Å²) in [5, 5.41) is 16.1. The molecular formula is C16H23BrFN3O. The predicted molar refractivity (Wildman–Crippen MR) is 90.3 cm³/mol. The van der Waals surface area contributed by atoms with E-state index in [-0.39, 0.29) is 18.5 Å². The van der Waals surface area contributed by atoms with E-state index in [1.807, 2.05) is 6.92 Å². The first-order valence-electron chi connectivity index (χ1n) is 7.75. The Morgan fingerprint density at radius 2 is 2.09 bits per heavy atom. The van der Waals surface area contributed by atoms with Crippen LogP contribution in [-0.4, -0.2) is 29.8 Å². The van der Waals surface area contributed by atoms with Crippen LogP contribution in [0.5, 0.6) is 0 Å². The van der Waals surface area contributed by atoms with Crippen molar-refractivity contribution in [3.8, 4) is 0 Å². The summed E-state index contributed by atoms with van der Waals surface area (Å²) in [5.41, 5.74) is 0.561. The molecule has 0 unspecified atom stereocenters. The molecule has 2 rings (SSSR count). The van der Waals surface area contributed by atoms with Crippen LogP contribution in [0.25, 0.3) is 0 Å². The van der Waals surface area contributed by atoms with Crippen molar-refractivity contribution in [1.29, 1.82) is 0 Å². The topological polar surface area (TPSA) is 56.7 Å². The molecule has 0 spiro atoms. The van der Waals surface area contributed by atoms with E-state index < -0.39 is 0 Å². The molecule has 122 valence electrons. The second kappa shape index (κ2) is 8.48. The number of aliphatic hydroxyl groups excluding tert-OH is 1. The average Bonchev–Trinajstić information content (AvgIpc) is 2.50. The molecular weight excluding hydrogens is 349 g/mol. The van der Waals surface area contributed by atoms with Gasteiger partial charge < -0.3 is 15.7 Å². The monoisotopic (exact) mass is 371 g/mol. The van der Waals surface area contributed by atoms with Crippen LogP contribution in [0.2, 0.25) is 0 Å². The van der Waals surface area contributed by atoms with Gasteiger partial charge in [0.1, 0.15) is 5.82 Å². The Hall–Kier alpha value is -1.14. The lowest BCUT2D eigenvalue weighted by molar-refractivity contribution is 0.120. The molecule has 1 aromatic rings. The largest absolute Gasteiger partial charge is 0.393 e. The third-order valence-electron chi connectivity index (χ3n) is 3.80. The first-order valence-corrected chi connectivity index (χ1v) is 8.54. The highest BCUT2D eigenvalue weighted by Gasteiger charge is 2.19. The normalized spacial score (nSPS) is 22.5. The summed E-state index contributed by atoms with van der Waals surface area (Å²) in [7, 11) is 0. The number of hydrogen-bond acceptors (Lipinski definition) is 2. The molecule has 1 aromatic carbocycles. The third kappa shape index (κ3) is 5.25. The van der Waals surface area contributed by atoms with E-state index in [4.69, 9.17) is 0 Å². The van der Waals surface area contributed by atoms with Crippen molar-refractivity contribution in [3.05, 3.63) is 34.1 Å². The van der Waals surface area contributed by atoms with Crippen LogP contribution in [-0.2, 0) is 6.54 Å². The number of aliphatic hydroxyl groups is 1. The van der Waals surface area contributed by atoms with E-state index in [2.05, 4.69) is 31.6 Å². The van der Waals surface area contributed by atoms with Gasteiger partial charge in [-0.25, -0.2) is 9.38 Å². The third-order valence-corrected chi connectivity index (χ3v) is 4.29. The quantitative estimate of drug-likeness (QED) is 0.563. The van der Waals surface area contributed by atoms with E-state index in [0.717, 1.165) is 36.7 Å². The van der Waals surface area contributed by atoms with Gasteiger partial charge in [-0.1, -0.05) is 15.9 Å². The maximum Gasteiger partial charge on any atom is 0.191 e. The second-order valence-corrected chi connectivity index (χ2v) is 6.50. The van der Waals surface area contributed by atoms with Gasteiger partial charge in [-0.15, -0.1) is 0 Å².